The third-order valence-corrected chi connectivity index (χ3v) is 3.60. The molecular weight excluding hydrogens is 154 g/mol. The van der Waals surface area contributed by atoms with Crippen LogP contribution in [0.1, 0.15) is 32.1 Å². The number of nitrogens with zero attached hydrogens (tertiary/aromatic N) is 1. The van der Waals surface area contributed by atoms with E-state index in [1.807, 2.05) is 0 Å². The molecule has 1 heterocycles. The summed E-state index contributed by atoms with van der Waals surface area (Å²) in [5.74, 6) is 1.07. The molecule has 0 amide bonds. The van der Waals surface area contributed by atoms with E-state index in [0.717, 1.165) is 17.8 Å². The Morgan fingerprint density at radius 1 is 1.18 bits per heavy atom. The van der Waals surface area contributed by atoms with Crippen LogP contribution in [0.5, 0.6) is 0 Å². The summed E-state index contributed by atoms with van der Waals surface area (Å²) in [4.78, 5) is 2.69. The quantitative estimate of drug-likeness (QED) is 0.621. The van der Waals surface area contributed by atoms with Crippen LogP contribution in [0.15, 0.2) is 0 Å². The van der Waals surface area contributed by atoms with Crippen LogP contribution >= 0.6 is 12.6 Å². The highest BCUT2D eigenvalue weighted by molar-refractivity contribution is 7.80. The fourth-order valence-corrected chi connectivity index (χ4v) is 2.65. The Morgan fingerprint density at radius 2 is 2.00 bits per heavy atom. The van der Waals surface area contributed by atoms with E-state index < -0.39 is 0 Å². The smallest absolute Gasteiger partial charge is 0.0187 e. The summed E-state index contributed by atoms with van der Waals surface area (Å²) in [5, 5.41) is 0. The van der Waals surface area contributed by atoms with Gasteiger partial charge in [-0.3, -0.25) is 4.90 Å². The normalized spacial score (nSPS) is 34.1. The van der Waals surface area contributed by atoms with Crippen LogP contribution in [-0.2, 0) is 0 Å². The first-order chi connectivity index (χ1) is 5.42. The molecule has 1 atom stereocenters. The Morgan fingerprint density at radius 3 is 2.55 bits per heavy atom. The average Bonchev–Trinajstić information content (AvgIpc) is 2.32. The van der Waals surface area contributed by atoms with Gasteiger partial charge in [-0.25, -0.2) is 0 Å². The van der Waals surface area contributed by atoms with E-state index in [0.29, 0.717) is 0 Å². The predicted octanol–water partition coefficient (Wildman–Crippen LogP) is 1.93. The molecule has 1 aliphatic carbocycles. The third-order valence-electron chi connectivity index (χ3n) is 3.18. The molecule has 0 spiro atoms. The average molecular weight is 171 g/mol. The number of thiol groups is 1. The SMILES string of the molecule is SCC1CCCN1C1CCC1. The zero-order chi connectivity index (χ0) is 7.68. The van der Waals surface area contributed by atoms with Gasteiger partial charge in [0.1, 0.15) is 0 Å². The third kappa shape index (κ3) is 1.43. The summed E-state index contributed by atoms with van der Waals surface area (Å²) in [5.41, 5.74) is 0. The molecule has 1 saturated carbocycles. The number of hydrogen-bond acceptors (Lipinski definition) is 2. The molecule has 2 fully saturated rings. The molecule has 11 heavy (non-hydrogen) atoms. The van der Waals surface area contributed by atoms with Gasteiger partial charge in [-0.05, 0) is 32.2 Å². The minimum absolute atomic E-state index is 0.809. The second kappa shape index (κ2) is 3.36. The van der Waals surface area contributed by atoms with Gasteiger partial charge in [0.05, 0.1) is 0 Å². The summed E-state index contributed by atoms with van der Waals surface area (Å²) >= 11 is 4.39. The van der Waals surface area contributed by atoms with Crippen molar-refractivity contribution in [2.75, 3.05) is 12.3 Å². The second-order valence-corrected chi connectivity index (χ2v) is 4.17. The van der Waals surface area contributed by atoms with Gasteiger partial charge in [0.25, 0.3) is 0 Å². The molecule has 1 aliphatic heterocycles. The number of rotatable bonds is 2. The first-order valence-electron chi connectivity index (χ1n) is 4.78. The van der Waals surface area contributed by atoms with E-state index in [2.05, 4.69) is 17.5 Å². The standard InChI is InChI=1S/C9H17NS/c11-7-9-5-2-6-10(9)8-3-1-4-8/h8-9,11H,1-7H2. The van der Waals surface area contributed by atoms with Crippen molar-refractivity contribution in [2.45, 2.75) is 44.2 Å². The van der Waals surface area contributed by atoms with Crippen molar-refractivity contribution >= 4 is 12.6 Å². The van der Waals surface area contributed by atoms with Crippen molar-refractivity contribution < 1.29 is 0 Å². The van der Waals surface area contributed by atoms with Gasteiger partial charge in [-0.15, -0.1) is 0 Å². The zero-order valence-electron chi connectivity index (χ0n) is 7.00. The molecule has 1 nitrogen and oxygen atoms in total. The van der Waals surface area contributed by atoms with Crippen molar-refractivity contribution in [2.24, 2.45) is 0 Å². The van der Waals surface area contributed by atoms with Gasteiger partial charge in [-0.2, -0.15) is 12.6 Å². The van der Waals surface area contributed by atoms with Gasteiger partial charge in [0, 0.05) is 17.8 Å². The molecule has 0 aromatic carbocycles. The van der Waals surface area contributed by atoms with E-state index in [4.69, 9.17) is 0 Å². The molecule has 0 aromatic rings. The highest BCUT2D eigenvalue weighted by Crippen LogP contribution is 2.31. The van der Waals surface area contributed by atoms with Crippen LogP contribution in [0.3, 0.4) is 0 Å². The maximum absolute atomic E-state index is 4.39. The Labute approximate surface area is 74.6 Å². The zero-order valence-corrected chi connectivity index (χ0v) is 7.89. The second-order valence-electron chi connectivity index (χ2n) is 3.80. The van der Waals surface area contributed by atoms with E-state index in [1.165, 1.54) is 38.6 Å². The Balaban J connectivity index is 1.89. The minimum Gasteiger partial charge on any atom is -0.297 e. The van der Waals surface area contributed by atoms with Gasteiger partial charge in [0.2, 0.25) is 0 Å². The lowest BCUT2D eigenvalue weighted by Crippen LogP contribution is -2.43. The lowest BCUT2D eigenvalue weighted by Gasteiger charge is -2.38. The molecule has 0 aromatic heterocycles. The van der Waals surface area contributed by atoms with Gasteiger partial charge < -0.3 is 0 Å². The molecule has 2 heteroatoms. The molecule has 1 saturated heterocycles. The topological polar surface area (TPSA) is 3.24 Å². The van der Waals surface area contributed by atoms with Crippen LogP contribution < -0.4 is 0 Å². The van der Waals surface area contributed by atoms with Crippen molar-refractivity contribution in [3.63, 3.8) is 0 Å². The number of likely N-dealkylation sites (tertiary alicyclic amines) is 1. The monoisotopic (exact) mass is 171 g/mol. The molecule has 2 rings (SSSR count). The molecule has 2 aliphatic rings. The van der Waals surface area contributed by atoms with Gasteiger partial charge in [0.15, 0.2) is 0 Å². The van der Waals surface area contributed by atoms with Crippen LogP contribution in [0.4, 0.5) is 0 Å². The summed E-state index contributed by atoms with van der Waals surface area (Å²) in [6.45, 7) is 1.34. The molecule has 64 valence electrons. The van der Waals surface area contributed by atoms with E-state index in [9.17, 15) is 0 Å². The van der Waals surface area contributed by atoms with E-state index >= 15 is 0 Å². The molecule has 0 radical (unpaired) electrons. The first-order valence-corrected chi connectivity index (χ1v) is 5.41. The van der Waals surface area contributed by atoms with E-state index in [-0.39, 0.29) is 0 Å². The van der Waals surface area contributed by atoms with Crippen molar-refractivity contribution in [1.82, 2.24) is 4.90 Å². The summed E-state index contributed by atoms with van der Waals surface area (Å²) in [6, 6.07) is 1.75. The predicted molar refractivity (Wildman–Crippen MR) is 51.2 cm³/mol. The van der Waals surface area contributed by atoms with Crippen LogP contribution in [-0.4, -0.2) is 29.3 Å². The fourth-order valence-electron chi connectivity index (χ4n) is 2.25. The maximum Gasteiger partial charge on any atom is 0.0187 e. The maximum atomic E-state index is 4.39. The van der Waals surface area contributed by atoms with Gasteiger partial charge in [-0.1, -0.05) is 6.42 Å². The molecule has 0 bridgehead atoms. The Hall–Kier alpha value is 0.310. The minimum atomic E-state index is 0.809. The summed E-state index contributed by atoms with van der Waals surface area (Å²) < 4.78 is 0. The molecule has 0 N–H and O–H groups in total. The Bertz CT molecular complexity index is 134. The van der Waals surface area contributed by atoms with Crippen LogP contribution in [0, 0.1) is 0 Å². The fraction of sp³-hybridized carbons (Fsp3) is 1.00. The lowest BCUT2D eigenvalue weighted by atomic mass is 9.91. The highest BCUT2D eigenvalue weighted by atomic mass is 32.1. The number of hydrogen-bond donors (Lipinski definition) is 1. The summed E-state index contributed by atoms with van der Waals surface area (Å²) in [6.07, 6.45) is 7.15. The lowest BCUT2D eigenvalue weighted by molar-refractivity contribution is 0.124. The van der Waals surface area contributed by atoms with Crippen molar-refractivity contribution in [1.29, 1.82) is 0 Å². The largest absolute Gasteiger partial charge is 0.297 e. The molecular formula is C9H17NS. The van der Waals surface area contributed by atoms with Crippen molar-refractivity contribution in [3.8, 4) is 0 Å². The highest BCUT2D eigenvalue weighted by Gasteiger charge is 2.32. The Kier molecular flexibility index (Phi) is 2.42. The first kappa shape index (κ1) is 7.93. The van der Waals surface area contributed by atoms with E-state index in [1.54, 1.807) is 0 Å². The van der Waals surface area contributed by atoms with Crippen LogP contribution in [0.25, 0.3) is 0 Å². The summed E-state index contributed by atoms with van der Waals surface area (Å²) in [7, 11) is 0. The molecule has 1 unspecified atom stereocenters. The van der Waals surface area contributed by atoms with Crippen molar-refractivity contribution in [3.05, 3.63) is 0 Å². The van der Waals surface area contributed by atoms with Crippen LogP contribution in [0.2, 0.25) is 0 Å². The van der Waals surface area contributed by atoms with Gasteiger partial charge >= 0.3 is 0 Å².